The molecule has 2 nitrogen and oxygen atoms in total. The Labute approximate surface area is 118 Å². The number of rotatable bonds is 5. The van der Waals surface area contributed by atoms with E-state index in [1.165, 1.54) is 38.4 Å². The topological polar surface area (TPSA) is 15.3 Å². The highest BCUT2D eigenvalue weighted by molar-refractivity contribution is 6.30. The first-order valence-corrected chi connectivity index (χ1v) is 7.49. The molecule has 0 amide bonds. The summed E-state index contributed by atoms with van der Waals surface area (Å²) in [5, 5.41) is 3.96. The minimum absolute atomic E-state index is 0.178. The van der Waals surface area contributed by atoms with Gasteiger partial charge in [0.25, 0.3) is 0 Å². The molecule has 1 heterocycles. The molecule has 1 aliphatic heterocycles. The maximum absolute atomic E-state index is 13.5. The van der Waals surface area contributed by atoms with E-state index >= 15 is 0 Å². The van der Waals surface area contributed by atoms with Crippen LogP contribution in [0.3, 0.4) is 0 Å². The highest BCUT2D eigenvalue weighted by atomic mass is 35.5. The molecule has 0 spiro atoms. The summed E-state index contributed by atoms with van der Waals surface area (Å²) in [6, 6.07) is 5.60. The molecule has 1 atom stereocenters. The third-order valence-electron chi connectivity index (χ3n) is 4.14. The van der Waals surface area contributed by atoms with E-state index in [4.69, 9.17) is 11.6 Å². The van der Waals surface area contributed by atoms with Gasteiger partial charge >= 0.3 is 0 Å². The summed E-state index contributed by atoms with van der Waals surface area (Å²) in [5.74, 6) is 0.533. The Bertz CT molecular complexity index is 448. The molecule has 1 saturated carbocycles. The van der Waals surface area contributed by atoms with E-state index < -0.39 is 0 Å². The standard InChI is InChI=1S/C15H20ClFN2/c16-13-1-4-15(17)12(7-13)9-18-8-11-5-6-19(10-11)14-2-3-14/h1,4,7,11,14,18H,2-3,5-6,8-10H2. The van der Waals surface area contributed by atoms with Gasteiger partial charge in [0.2, 0.25) is 0 Å². The Morgan fingerprint density at radius 1 is 1.32 bits per heavy atom. The van der Waals surface area contributed by atoms with Crippen molar-refractivity contribution in [3.63, 3.8) is 0 Å². The lowest BCUT2D eigenvalue weighted by atomic mass is 10.1. The summed E-state index contributed by atoms with van der Waals surface area (Å²) in [7, 11) is 0. The van der Waals surface area contributed by atoms with Crippen molar-refractivity contribution >= 4 is 11.6 Å². The van der Waals surface area contributed by atoms with Crippen LogP contribution in [-0.4, -0.2) is 30.6 Å². The van der Waals surface area contributed by atoms with Gasteiger partial charge in [-0.1, -0.05) is 11.6 Å². The average Bonchev–Trinajstić information content (AvgIpc) is 3.14. The predicted octanol–water partition coefficient (Wildman–Crippen LogP) is 3.05. The zero-order valence-electron chi connectivity index (χ0n) is 11.0. The first kappa shape index (κ1) is 13.3. The molecule has 1 aromatic carbocycles. The Morgan fingerprint density at radius 3 is 2.95 bits per heavy atom. The maximum Gasteiger partial charge on any atom is 0.127 e. The van der Waals surface area contributed by atoms with Gasteiger partial charge in [-0.3, -0.25) is 0 Å². The van der Waals surface area contributed by atoms with Gasteiger partial charge < -0.3 is 10.2 Å². The number of benzene rings is 1. The molecule has 104 valence electrons. The second kappa shape index (κ2) is 5.78. The van der Waals surface area contributed by atoms with Crippen molar-refractivity contribution < 1.29 is 4.39 Å². The summed E-state index contributed by atoms with van der Waals surface area (Å²) in [6.07, 6.45) is 4.03. The molecule has 4 heteroatoms. The third kappa shape index (κ3) is 3.47. The number of nitrogens with zero attached hydrogens (tertiary/aromatic N) is 1. The van der Waals surface area contributed by atoms with Crippen molar-refractivity contribution in [3.8, 4) is 0 Å². The van der Waals surface area contributed by atoms with Crippen molar-refractivity contribution in [2.45, 2.75) is 31.8 Å². The summed E-state index contributed by atoms with van der Waals surface area (Å²) in [6.45, 7) is 3.97. The van der Waals surface area contributed by atoms with E-state index in [2.05, 4.69) is 10.2 Å². The molecule has 2 aliphatic rings. The Kier molecular flexibility index (Phi) is 4.06. The van der Waals surface area contributed by atoms with Crippen molar-refractivity contribution in [2.75, 3.05) is 19.6 Å². The molecule has 19 heavy (non-hydrogen) atoms. The molecule has 1 unspecified atom stereocenters. The van der Waals surface area contributed by atoms with E-state index in [0.29, 0.717) is 23.0 Å². The largest absolute Gasteiger partial charge is 0.312 e. The summed E-state index contributed by atoms with van der Waals surface area (Å²) >= 11 is 5.88. The molecule has 1 N–H and O–H groups in total. The second-order valence-corrected chi connectivity index (χ2v) is 6.18. The van der Waals surface area contributed by atoms with Crippen LogP contribution in [-0.2, 0) is 6.54 Å². The van der Waals surface area contributed by atoms with E-state index in [-0.39, 0.29) is 5.82 Å². The van der Waals surface area contributed by atoms with Gasteiger partial charge in [0.05, 0.1) is 0 Å². The minimum atomic E-state index is -0.178. The Balaban J connectivity index is 1.44. The van der Waals surface area contributed by atoms with Crippen LogP contribution in [0, 0.1) is 11.7 Å². The van der Waals surface area contributed by atoms with Crippen LogP contribution in [0.25, 0.3) is 0 Å². The SMILES string of the molecule is Fc1ccc(Cl)cc1CNCC1CCN(C2CC2)C1. The van der Waals surface area contributed by atoms with Crippen LogP contribution in [0.15, 0.2) is 18.2 Å². The summed E-state index contributed by atoms with van der Waals surface area (Å²) in [5.41, 5.74) is 0.657. The van der Waals surface area contributed by atoms with E-state index in [9.17, 15) is 4.39 Å². The zero-order valence-corrected chi connectivity index (χ0v) is 11.8. The van der Waals surface area contributed by atoms with E-state index in [1.807, 2.05) is 0 Å². The van der Waals surface area contributed by atoms with Crippen LogP contribution >= 0.6 is 11.6 Å². The van der Waals surface area contributed by atoms with Crippen LogP contribution in [0.2, 0.25) is 5.02 Å². The highest BCUT2D eigenvalue weighted by Crippen LogP contribution is 2.31. The molecule has 3 rings (SSSR count). The summed E-state index contributed by atoms with van der Waals surface area (Å²) < 4.78 is 13.5. The molecule has 0 aromatic heterocycles. The number of nitrogens with one attached hydrogen (secondary N) is 1. The maximum atomic E-state index is 13.5. The molecule has 2 fully saturated rings. The van der Waals surface area contributed by atoms with Crippen molar-refractivity contribution in [3.05, 3.63) is 34.6 Å². The van der Waals surface area contributed by atoms with Gasteiger partial charge in [0, 0.05) is 29.7 Å². The molecule has 0 radical (unpaired) electrons. The number of hydrogen-bond donors (Lipinski definition) is 1. The smallest absolute Gasteiger partial charge is 0.127 e. The highest BCUT2D eigenvalue weighted by Gasteiger charge is 2.33. The van der Waals surface area contributed by atoms with E-state index in [0.717, 1.165) is 12.6 Å². The van der Waals surface area contributed by atoms with Crippen LogP contribution in [0.5, 0.6) is 0 Å². The van der Waals surface area contributed by atoms with Crippen LogP contribution < -0.4 is 5.32 Å². The molecule has 1 aromatic rings. The minimum Gasteiger partial charge on any atom is -0.312 e. The lowest BCUT2D eigenvalue weighted by Crippen LogP contribution is -2.27. The molecule has 1 aliphatic carbocycles. The first-order valence-electron chi connectivity index (χ1n) is 7.11. The Morgan fingerprint density at radius 2 is 2.16 bits per heavy atom. The number of hydrogen-bond acceptors (Lipinski definition) is 2. The van der Waals surface area contributed by atoms with Crippen LogP contribution in [0.1, 0.15) is 24.8 Å². The van der Waals surface area contributed by atoms with Gasteiger partial charge in [-0.2, -0.15) is 0 Å². The molecule has 1 saturated heterocycles. The monoisotopic (exact) mass is 282 g/mol. The number of likely N-dealkylation sites (tertiary alicyclic amines) is 1. The van der Waals surface area contributed by atoms with Gasteiger partial charge in [-0.05, 0) is 56.5 Å². The molecular weight excluding hydrogens is 263 g/mol. The quantitative estimate of drug-likeness (QED) is 0.893. The van der Waals surface area contributed by atoms with Gasteiger partial charge in [0.15, 0.2) is 0 Å². The summed E-state index contributed by atoms with van der Waals surface area (Å²) in [4.78, 5) is 2.60. The van der Waals surface area contributed by atoms with Gasteiger partial charge in [-0.25, -0.2) is 4.39 Å². The van der Waals surface area contributed by atoms with Crippen molar-refractivity contribution in [1.82, 2.24) is 10.2 Å². The van der Waals surface area contributed by atoms with Gasteiger partial charge in [-0.15, -0.1) is 0 Å². The predicted molar refractivity (Wildman–Crippen MR) is 75.8 cm³/mol. The van der Waals surface area contributed by atoms with Crippen LogP contribution in [0.4, 0.5) is 4.39 Å². The molecular formula is C15H20ClFN2. The fourth-order valence-electron chi connectivity index (χ4n) is 2.89. The van der Waals surface area contributed by atoms with Gasteiger partial charge in [0.1, 0.15) is 5.82 Å². The first-order chi connectivity index (χ1) is 9.22. The van der Waals surface area contributed by atoms with E-state index in [1.54, 1.807) is 12.1 Å². The fraction of sp³-hybridized carbons (Fsp3) is 0.600. The lowest BCUT2D eigenvalue weighted by molar-refractivity contribution is 0.311. The van der Waals surface area contributed by atoms with Crippen molar-refractivity contribution in [1.29, 1.82) is 0 Å². The second-order valence-electron chi connectivity index (χ2n) is 5.75. The molecule has 0 bridgehead atoms. The Hall–Kier alpha value is -0.640. The zero-order chi connectivity index (χ0) is 13.2. The van der Waals surface area contributed by atoms with Crippen molar-refractivity contribution in [2.24, 2.45) is 5.92 Å². The lowest BCUT2D eigenvalue weighted by Gasteiger charge is -2.15. The number of halogens is 2. The average molecular weight is 283 g/mol. The third-order valence-corrected chi connectivity index (χ3v) is 4.37. The normalized spacial score (nSPS) is 24.0. The fourth-order valence-corrected chi connectivity index (χ4v) is 3.09.